The quantitative estimate of drug-likeness (QED) is 0.370. The zero-order chi connectivity index (χ0) is 25.9. The second kappa shape index (κ2) is 10.3. The lowest BCUT2D eigenvalue weighted by molar-refractivity contribution is -0.117. The molecule has 5 rings (SSSR count). The maximum atomic E-state index is 12.3. The number of carbonyl (C=O) groups is 1. The number of nitrogens with zero attached hydrogens (tertiary/aromatic N) is 1. The Morgan fingerprint density at radius 1 is 1.00 bits per heavy atom. The Kier molecular flexibility index (Phi) is 7.37. The maximum Gasteiger partial charge on any atom is 0.326 e. The Balaban J connectivity index is 0.000000434. The summed E-state index contributed by atoms with van der Waals surface area (Å²) < 4.78 is 58.0. The van der Waals surface area contributed by atoms with Gasteiger partial charge < -0.3 is 4.74 Å². The third-order valence-electron chi connectivity index (χ3n) is 5.97. The van der Waals surface area contributed by atoms with E-state index in [-0.39, 0.29) is 24.6 Å². The lowest BCUT2D eigenvalue weighted by atomic mass is 9.95. The molecule has 10 heteroatoms. The Morgan fingerprint density at radius 3 is 2.11 bits per heavy atom. The van der Waals surface area contributed by atoms with Crippen molar-refractivity contribution in [1.82, 2.24) is 4.72 Å². The number of amides is 1. The Labute approximate surface area is 212 Å². The zero-order valence-electron chi connectivity index (χ0n) is 20.0. The number of rotatable bonds is 8. The van der Waals surface area contributed by atoms with Crippen LogP contribution in [0.4, 0.5) is 5.69 Å². The standard InChI is InChI=1S/C20H24N2O6S2.C6H4/c1-3-7-19(29(2,24)25)16-10-11-17(22-13-20(23)21-30(22,26)27)18(12-16)28-14-15-8-5-4-6-9-15;1-2-6-4-3-5(1)6/h4-6,8-12,19H,3,7,13-14H2,1-2H3,(H,21,23);1-4H. The summed E-state index contributed by atoms with van der Waals surface area (Å²) >= 11 is 0. The average Bonchev–Trinajstić information content (AvgIpc) is 3.10. The number of ether oxygens (including phenoxy) is 1. The third-order valence-corrected chi connectivity index (χ3v) is 8.90. The van der Waals surface area contributed by atoms with Crippen LogP contribution in [0.5, 0.6) is 5.75 Å². The second-order valence-corrected chi connectivity index (χ2v) is 12.5. The monoisotopic (exact) mass is 528 g/mol. The van der Waals surface area contributed by atoms with Gasteiger partial charge in [0.1, 0.15) is 18.9 Å². The topological polar surface area (TPSA) is 110 Å². The van der Waals surface area contributed by atoms with Gasteiger partial charge in [0.05, 0.1) is 10.9 Å². The van der Waals surface area contributed by atoms with E-state index < -0.39 is 31.2 Å². The molecule has 36 heavy (non-hydrogen) atoms. The van der Waals surface area contributed by atoms with E-state index in [9.17, 15) is 21.6 Å². The number of sulfone groups is 1. The predicted molar refractivity (Wildman–Crippen MR) is 140 cm³/mol. The van der Waals surface area contributed by atoms with E-state index in [1.807, 2.05) is 42.0 Å². The van der Waals surface area contributed by atoms with Crippen LogP contribution in [0, 0.1) is 0 Å². The van der Waals surface area contributed by atoms with E-state index >= 15 is 0 Å². The molecule has 190 valence electrons. The molecule has 1 aliphatic heterocycles. The molecule has 1 saturated heterocycles. The molecule has 1 heterocycles. The van der Waals surface area contributed by atoms with E-state index in [1.165, 1.54) is 23.4 Å². The lowest BCUT2D eigenvalue weighted by Crippen LogP contribution is -2.30. The molecule has 2 aromatic rings. The molecule has 0 aromatic heterocycles. The number of benzene rings is 3. The molecule has 2 aliphatic carbocycles. The van der Waals surface area contributed by atoms with Crippen molar-refractivity contribution < 1.29 is 26.4 Å². The fraction of sp³-hybridized carbons (Fsp3) is 0.269. The van der Waals surface area contributed by atoms with Crippen molar-refractivity contribution in [1.29, 1.82) is 0 Å². The van der Waals surface area contributed by atoms with E-state index in [2.05, 4.69) is 24.3 Å². The predicted octanol–water partition coefficient (Wildman–Crippen LogP) is 4.00. The highest BCUT2D eigenvalue weighted by atomic mass is 32.2. The molecule has 0 radical (unpaired) electrons. The second-order valence-electron chi connectivity index (χ2n) is 8.72. The van der Waals surface area contributed by atoms with Crippen molar-refractivity contribution in [2.75, 3.05) is 17.1 Å². The molecule has 3 aliphatic rings. The largest absolute Gasteiger partial charge is 0.487 e. The molecule has 1 atom stereocenters. The van der Waals surface area contributed by atoms with Gasteiger partial charge in [-0.3, -0.25) is 4.79 Å². The number of anilines is 1. The van der Waals surface area contributed by atoms with Crippen LogP contribution in [0.25, 0.3) is 11.1 Å². The van der Waals surface area contributed by atoms with Crippen molar-refractivity contribution in [2.45, 2.75) is 31.6 Å². The Bertz CT molecular complexity index is 1430. The number of fused-ring (bicyclic) bond motifs is 1. The fourth-order valence-electron chi connectivity index (χ4n) is 4.00. The highest BCUT2D eigenvalue weighted by Gasteiger charge is 2.36. The summed E-state index contributed by atoms with van der Waals surface area (Å²) in [7, 11) is -7.41. The first-order valence-electron chi connectivity index (χ1n) is 11.5. The molecule has 0 spiro atoms. The number of nitrogens with one attached hydrogen (secondary N) is 1. The first-order chi connectivity index (χ1) is 17.1. The van der Waals surface area contributed by atoms with Gasteiger partial charge in [0.15, 0.2) is 9.84 Å². The first kappa shape index (κ1) is 25.7. The van der Waals surface area contributed by atoms with Gasteiger partial charge in [-0.15, -0.1) is 0 Å². The maximum absolute atomic E-state index is 12.3. The minimum Gasteiger partial charge on any atom is -0.487 e. The fourth-order valence-corrected chi connectivity index (χ4v) is 6.47. The van der Waals surface area contributed by atoms with Crippen LogP contribution in [-0.4, -0.2) is 35.5 Å². The number of hydrogen-bond donors (Lipinski definition) is 1. The van der Waals surface area contributed by atoms with Crippen molar-refractivity contribution >= 4 is 31.6 Å². The van der Waals surface area contributed by atoms with Gasteiger partial charge >= 0.3 is 10.2 Å². The molecule has 0 saturated carbocycles. The van der Waals surface area contributed by atoms with Crippen LogP contribution in [0.15, 0.2) is 72.8 Å². The van der Waals surface area contributed by atoms with Gasteiger partial charge in [-0.1, -0.05) is 74.0 Å². The van der Waals surface area contributed by atoms with Gasteiger partial charge in [-0.25, -0.2) is 17.4 Å². The summed E-state index contributed by atoms with van der Waals surface area (Å²) in [6.45, 7) is 1.69. The van der Waals surface area contributed by atoms with Crippen molar-refractivity contribution in [3.05, 3.63) is 83.9 Å². The smallest absolute Gasteiger partial charge is 0.326 e. The Hall–Kier alpha value is -3.37. The van der Waals surface area contributed by atoms with Crippen LogP contribution in [0.2, 0.25) is 0 Å². The van der Waals surface area contributed by atoms with Crippen molar-refractivity contribution in [3.8, 4) is 16.9 Å². The van der Waals surface area contributed by atoms with Crippen LogP contribution in [0.1, 0.15) is 36.1 Å². The van der Waals surface area contributed by atoms with E-state index in [4.69, 9.17) is 4.74 Å². The number of hydrogen-bond acceptors (Lipinski definition) is 6. The van der Waals surface area contributed by atoms with Gasteiger partial charge in [0, 0.05) is 6.26 Å². The number of carbonyl (C=O) groups excluding carboxylic acids is 1. The molecule has 2 aromatic carbocycles. The summed E-state index contributed by atoms with van der Waals surface area (Å²) in [6.07, 6.45) is 2.27. The SMILES string of the molecule is CCCC(c1ccc(N2CC(=O)NS2(=O)=O)c(OCc2ccccc2)c1)S(C)(=O)=O.c1cc2ccc1-2. The van der Waals surface area contributed by atoms with Crippen LogP contribution >= 0.6 is 0 Å². The summed E-state index contributed by atoms with van der Waals surface area (Å²) in [5, 5.41) is -0.731. The van der Waals surface area contributed by atoms with E-state index in [1.54, 1.807) is 12.1 Å². The van der Waals surface area contributed by atoms with Crippen LogP contribution in [-0.2, 0) is 31.4 Å². The van der Waals surface area contributed by atoms with E-state index in [0.29, 0.717) is 18.4 Å². The molecule has 8 nitrogen and oxygen atoms in total. The minimum atomic E-state index is -4.03. The molecule has 0 bridgehead atoms. The van der Waals surface area contributed by atoms with Gasteiger partial charge in [-0.05, 0) is 40.8 Å². The minimum absolute atomic E-state index is 0.157. The molecule has 1 N–H and O–H groups in total. The average molecular weight is 529 g/mol. The van der Waals surface area contributed by atoms with Gasteiger partial charge in [0.2, 0.25) is 0 Å². The first-order valence-corrected chi connectivity index (χ1v) is 14.9. The molecule has 1 amide bonds. The highest BCUT2D eigenvalue weighted by Crippen LogP contribution is 2.37. The molecular weight excluding hydrogens is 500 g/mol. The van der Waals surface area contributed by atoms with Crippen molar-refractivity contribution in [2.24, 2.45) is 0 Å². The summed E-state index contributed by atoms with van der Waals surface area (Å²) in [6, 6.07) is 22.4. The third kappa shape index (κ3) is 5.71. The lowest BCUT2D eigenvalue weighted by Gasteiger charge is -2.22. The Morgan fingerprint density at radius 2 is 1.64 bits per heavy atom. The van der Waals surface area contributed by atoms with Crippen LogP contribution < -0.4 is 13.8 Å². The van der Waals surface area contributed by atoms with Gasteiger partial charge in [-0.2, -0.15) is 8.42 Å². The molecule has 1 fully saturated rings. The summed E-state index contributed by atoms with van der Waals surface area (Å²) in [4.78, 5) is 11.7. The normalized spacial score (nSPS) is 15.9. The zero-order valence-corrected chi connectivity index (χ0v) is 21.7. The molecular formula is C26H28N2O6S2. The summed E-state index contributed by atoms with van der Waals surface area (Å²) in [5.74, 6) is -0.450. The van der Waals surface area contributed by atoms with Crippen molar-refractivity contribution in [3.63, 3.8) is 0 Å². The highest BCUT2D eigenvalue weighted by molar-refractivity contribution is 7.92. The van der Waals surface area contributed by atoms with Crippen LogP contribution in [0.3, 0.4) is 0 Å². The molecule has 1 unspecified atom stereocenters. The van der Waals surface area contributed by atoms with E-state index in [0.717, 1.165) is 9.87 Å². The van der Waals surface area contributed by atoms with Gasteiger partial charge in [0.25, 0.3) is 5.91 Å². The summed E-state index contributed by atoms with van der Waals surface area (Å²) in [5.41, 5.74) is 4.41.